The number of hydrogen-bond donors (Lipinski definition) is 1. The van der Waals surface area contributed by atoms with Crippen molar-refractivity contribution >= 4 is 110 Å². The van der Waals surface area contributed by atoms with Crippen LogP contribution in [0.2, 0.25) is 0 Å². The number of aliphatic hydroxyl groups excluding tert-OH is 1. The quantitative estimate of drug-likeness (QED) is 0.592. The predicted octanol–water partition coefficient (Wildman–Crippen LogP) is 3.97. The molecule has 1 saturated heterocycles. The summed E-state index contributed by atoms with van der Waals surface area (Å²) in [7, 11) is 0. The van der Waals surface area contributed by atoms with E-state index in [1.54, 1.807) is 0 Å². The van der Waals surface area contributed by atoms with E-state index < -0.39 is 35.8 Å². The molecule has 0 aliphatic carbocycles. The molecule has 1 aliphatic rings. The minimum absolute atomic E-state index is 0.493. The molecular formula is C7H4Cl9NO3. The zero-order valence-corrected chi connectivity index (χ0v) is 15.6. The molecule has 1 N–H and O–H groups in total. The zero-order chi connectivity index (χ0) is 16.1. The Labute approximate surface area is 158 Å². The summed E-state index contributed by atoms with van der Waals surface area (Å²) in [6, 6.07) is 0. The second-order valence-electron chi connectivity index (χ2n) is 3.61. The van der Waals surface area contributed by atoms with Crippen molar-refractivity contribution in [2.45, 2.75) is 29.9 Å². The summed E-state index contributed by atoms with van der Waals surface area (Å²) < 4.78 is -1.57. The van der Waals surface area contributed by atoms with Crippen molar-refractivity contribution in [1.29, 1.82) is 0 Å². The molecule has 0 radical (unpaired) electrons. The van der Waals surface area contributed by atoms with Crippen LogP contribution in [0.3, 0.4) is 0 Å². The van der Waals surface area contributed by atoms with Crippen LogP contribution in [-0.4, -0.2) is 45.9 Å². The van der Waals surface area contributed by atoms with Crippen LogP contribution in [-0.2, 0) is 9.53 Å². The van der Waals surface area contributed by atoms with Crippen LogP contribution in [0.15, 0.2) is 0 Å². The molecule has 0 spiro atoms. The number of aliphatic hydroxyl groups is 1. The van der Waals surface area contributed by atoms with E-state index in [0.29, 0.717) is 4.90 Å². The molecule has 118 valence electrons. The molecule has 0 saturated carbocycles. The molecule has 1 heterocycles. The van der Waals surface area contributed by atoms with Crippen molar-refractivity contribution in [3.63, 3.8) is 0 Å². The van der Waals surface area contributed by atoms with Gasteiger partial charge in [-0.1, -0.05) is 104 Å². The summed E-state index contributed by atoms with van der Waals surface area (Å²) in [5.74, 6) is -1.01. The SMILES string of the molecule is O=C1C(C(Cl)(Cl)Cl)OC(C(Cl)(Cl)Cl)N1C(O)C(Cl)(Cl)Cl. The molecule has 1 amide bonds. The maximum Gasteiger partial charge on any atom is 0.260 e. The van der Waals surface area contributed by atoms with Gasteiger partial charge < -0.3 is 9.84 Å². The average molecular weight is 469 g/mol. The summed E-state index contributed by atoms with van der Waals surface area (Å²) in [6.07, 6.45) is -5.25. The van der Waals surface area contributed by atoms with Gasteiger partial charge in [0.25, 0.3) is 5.91 Å². The maximum absolute atomic E-state index is 12.1. The number of carbonyl (C=O) groups is 1. The van der Waals surface area contributed by atoms with Gasteiger partial charge in [0, 0.05) is 0 Å². The Balaban J connectivity index is 3.20. The maximum atomic E-state index is 12.1. The lowest BCUT2D eigenvalue weighted by Gasteiger charge is -2.34. The molecule has 4 nitrogen and oxygen atoms in total. The lowest BCUT2D eigenvalue weighted by molar-refractivity contribution is -0.140. The largest absolute Gasteiger partial charge is 0.369 e. The number of hydrogen-bond acceptors (Lipinski definition) is 3. The number of nitrogens with zero attached hydrogens (tertiary/aromatic N) is 1. The third-order valence-electron chi connectivity index (χ3n) is 2.13. The van der Waals surface area contributed by atoms with Crippen molar-refractivity contribution in [2.75, 3.05) is 0 Å². The molecule has 20 heavy (non-hydrogen) atoms. The molecule has 1 aliphatic heterocycles. The van der Waals surface area contributed by atoms with Gasteiger partial charge in [0.2, 0.25) is 11.4 Å². The normalized spacial score (nSPS) is 27.1. The highest BCUT2D eigenvalue weighted by Gasteiger charge is 2.60. The minimum Gasteiger partial charge on any atom is -0.369 e. The van der Waals surface area contributed by atoms with Gasteiger partial charge in [-0.25, -0.2) is 0 Å². The van der Waals surface area contributed by atoms with Crippen molar-refractivity contribution < 1.29 is 14.6 Å². The van der Waals surface area contributed by atoms with Crippen LogP contribution in [0.4, 0.5) is 0 Å². The molecule has 3 unspecified atom stereocenters. The first kappa shape index (κ1) is 20.0. The summed E-state index contributed by atoms with van der Waals surface area (Å²) in [6.45, 7) is 0. The van der Waals surface area contributed by atoms with Gasteiger partial charge in [-0.05, 0) is 0 Å². The highest BCUT2D eigenvalue weighted by Crippen LogP contribution is 2.47. The monoisotopic (exact) mass is 465 g/mol. The summed E-state index contributed by atoms with van der Waals surface area (Å²) in [5.41, 5.74) is 0. The molecular weight excluding hydrogens is 465 g/mol. The lowest BCUT2D eigenvalue weighted by atomic mass is 10.3. The molecule has 0 aromatic carbocycles. The highest BCUT2D eigenvalue weighted by atomic mass is 35.6. The van der Waals surface area contributed by atoms with E-state index in [4.69, 9.17) is 109 Å². The Morgan fingerprint density at radius 1 is 1.00 bits per heavy atom. The fraction of sp³-hybridized carbons (Fsp3) is 0.857. The van der Waals surface area contributed by atoms with E-state index in [1.165, 1.54) is 0 Å². The molecule has 1 fully saturated rings. The van der Waals surface area contributed by atoms with Crippen LogP contribution >= 0.6 is 104 Å². The smallest absolute Gasteiger partial charge is 0.260 e. The van der Waals surface area contributed by atoms with Gasteiger partial charge in [0.15, 0.2) is 18.6 Å². The molecule has 1 rings (SSSR count). The van der Waals surface area contributed by atoms with E-state index in [0.717, 1.165) is 0 Å². The Hall–Kier alpha value is 2.00. The van der Waals surface area contributed by atoms with Crippen molar-refractivity contribution in [3.8, 4) is 0 Å². The zero-order valence-electron chi connectivity index (χ0n) is 8.84. The van der Waals surface area contributed by atoms with Gasteiger partial charge in [0.05, 0.1) is 0 Å². The van der Waals surface area contributed by atoms with E-state index in [9.17, 15) is 9.90 Å². The molecule has 13 heteroatoms. The van der Waals surface area contributed by atoms with Crippen LogP contribution in [0.1, 0.15) is 0 Å². The van der Waals surface area contributed by atoms with E-state index in [1.807, 2.05) is 0 Å². The van der Waals surface area contributed by atoms with Crippen molar-refractivity contribution in [3.05, 3.63) is 0 Å². The Kier molecular flexibility index (Phi) is 6.50. The second kappa shape index (κ2) is 6.48. The number of amides is 1. The number of ether oxygens (including phenoxy) is 1. The fourth-order valence-corrected chi connectivity index (χ4v) is 2.58. The third-order valence-corrected chi connectivity index (χ3v) is 3.87. The van der Waals surface area contributed by atoms with E-state index in [-0.39, 0.29) is 0 Å². The topological polar surface area (TPSA) is 49.8 Å². The van der Waals surface area contributed by atoms with Gasteiger partial charge in [0.1, 0.15) is 0 Å². The van der Waals surface area contributed by atoms with Crippen LogP contribution < -0.4 is 0 Å². The Bertz CT molecular complexity index is 386. The number of rotatable bonds is 1. The van der Waals surface area contributed by atoms with Crippen molar-refractivity contribution in [1.82, 2.24) is 4.90 Å². The number of alkyl halides is 9. The van der Waals surface area contributed by atoms with Gasteiger partial charge in [-0.15, -0.1) is 0 Å². The standard InChI is InChI=1S/C7H4Cl9NO3/c8-5(9,10)1-2(18)17(3(19)6(11,12)13)4(20-1)7(14,15)16/h1,3-4,19H. The van der Waals surface area contributed by atoms with Crippen LogP contribution in [0.25, 0.3) is 0 Å². The average Bonchev–Trinajstić information content (AvgIpc) is 2.51. The lowest BCUT2D eigenvalue weighted by Crippen LogP contribution is -2.53. The molecule has 0 aromatic heterocycles. The molecule has 3 atom stereocenters. The minimum atomic E-state index is -2.30. The van der Waals surface area contributed by atoms with Crippen LogP contribution in [0.5, 0.6) is 0 Å². The summed E-state index contributed by atoms with van der Waals surface area (Å²) in [4.78, 5) is 12.6. The molecule has 0 bridgehead atoms. The highest BCUT2D eigenvalue weighted by molar-refractivity contribution is 6.70. The predicted molar refractivity (Wildman–Crippen MR) is 82.4 cm³/mol. The molecule has 0 aromatic rings. The van der Waals surface area contributed by atoms with Gasteiger partial charge in [-0.3, -0.25) is 9.69 Å². The second-order valence-corrected chi connectivity index (χ2v) is 10.7. The number of carbonyl (C=O) groups excluding carboxylic acids is 1. The van der Waals surface area contributed by atoms with E-state index in [2.05, 4.69) is 0 Å². The summed E-state index contributed by atoms with van der Waals surface area (Å²) >= 11 is 50.2. The third kappa shape index (κ3) is 4.51. The fourth-order valence-electron chi connectivity index (χ4n) is 1.36. The first-order valence-corrected chi connectivity index (χ1v) is 7.93. The van der Waals surface area contributed by atoms with Gasteiger partial charge >= 0.3 is 0 Å². The first-order valence-electron chi connectivity index (χ1n) is 4.53. The number of halogens is 9. The van der Waals surface area contributed by atoms with E-state index >= 15 is 0 Å². The van der Waals surface area contributed by atoms with Crippen molar-refractivity contribution in [2.24, 2.45) is 0 Å². The first-order chi connectivity index (χ1) is 8.67. The Morgan fingerprint density at radius 2 is 1.45 bits per heavy atom. The van der Waals surface area contributed by atoms with Crippen LogP contribution in [0, 0.1) is 0 Å². The van der Waals surface area contributed by atoms with Gasteiger partial charge in [-0.2, -0.15) is 0 Å². The Morgan fingerprint density at radius 3 is 1.75 bits per heavy atom. The summed E-state index contributed by atoms with van der Waals surface area (Å²) in [5, 5.41) is 9.90.